The number of anilines is 2. The zero-order valence-corrected chi connectivity index (χ0v) is 9.70. The van der Waals surface area contributed by atoms with Crippen LogP contribution in [0.2, 0.25) is 0 Å². The average molecular weight is 237 g/mol. The number of carboxylic acids is 1. The van der Waals surface area contributed by atoms with E-state index in [9.17, 15) is 9.59 Å². The van der Waals surface area contributed by atoms with Gasteiger partial charge >= 0.3 is 5.97 Å². The summed E-state index contributed by atoms with van der Waals surface area (Å²) in [6.07, 6.45) is 2.32. The maximum Gasteiger partial charge on any atom is 0.354 e. The minimum Gasteiger partial charge on any atom is -0.477 e. The molecule has 4 N–H and O–H groups in total. The zero-order valence-electron chi connectivity index (χ0n) is 9.70. The molecule has 0 unspecified atom stereocenters. The van der Waals surface area contributed by atoms with Crippen LogP contribution in [0.5, 0.6) is 0 Å². The Morgan fingerprint density at radius 3 is 2.88 bits per heavy atom. The third-order valence-corrected chi connectivity index (χ3v) is 3.15. The van der Waals surface area contributed by atoms with E-state index in [4.69, 9.17) is 5.11 Å². The van der Waals surface area contributed by atoms with Crippen molar-refractivity contribution in [1.29, 1.82) is 0 Å². The number of carboxylic acid groups (broad SMARTS) is 1. The van der Waals surface area contributed by atoms with Gasteiger partial charge in [-0.25, -0.2) is 4.79 Å². The van der Waals surface area contributed by atoms with E-state index in [2.05, 4.69) is 15.6 Å². The molecule has 1 aromatic heterocycles. The highest BCUT2D eigenvalue weighted by Crippen LogP contribution is 2.32. The van der Waals surface area contributed by atoms with Crippen LogP contribution < -0.4 is 10.6 Å². The molecule has 1 amide bonds. The number of amides is 1. The molecule has 0 aromatic carbocycles. The Bertz CT molecular complexity index is 467. The standard InChI is InChI=1S/C11H15N3O3/c1-3-5(2)7-10(15)13-6-4-12-9(11(16)17)8(6)14-7/h4-5,7,12,14H,3H2,1-2H3,(H,13,15)(H,16,17)/t5-,7-/m0/s1. The van der Waals surface area contributed by atoms with Crippen LogP contribution in [0.3, 0.4) is 0 Å². The summed E-state index contributed by atoms with van der Waals surface area (Å²) in [6, 6.07) is -0.388. The summed E-state index contributed by atoms with van der Waals surface area (Å²) in [5.41, 5.74) is 1.03. The van der Waals surface area contributed by atoms with Gasteiger partial charge in [-0.2, -0.15) is 0 Å². The predicted octanol–water partition coefficient (Wildman–Crippen LogP) is 1.49. The summed E-state index contributed by atoms with van der Waals surface area (Å²) >= 11 is 0. The number of aromatic amines is 1. The Labute approximate surface area is 98.4 Å². The van der Waals surface area contributed by atoms with Crippen molar-refractivity contribution in [2.75, 3.05) is 10.6 Å². The van der Waals surface area contributed by atoms with Crippen molar-refractivity contribution in [3.63, 3.8) is 0 Å². The Hall–Kier alpha value is -1.98. The first-order chi connectivity index (χ1) is 8.04. The van der Waals surface area contributed by atoms with Gasteiger partial charge in [0.2, 0.25) is 5.91 Å². The second-order valence-electron chi connectivity index (χ2n) is 4.25. The smallest absolute Gasteiger partial charge is 0.354 e. The summed E-state index contributed by atoms with van der Waals surface area (Å²) in [7, 11) is 0. The zero-order chi connectivity index (χ0) is 12.6. The highest BCUT2D eigenvalue weighted by Gasteiger charge is 2.32. The number of aromatic carboxylic acids is 1. The highest BCUT2D eigenvalue weighted by atomic mass is 16.4. The molecule has 92 valence electrons. The van der Waals surface area contributed by atoms with Crippen molar-refractivity contribution in [3.05, 3.63) is 11.9 Å². The number of nitrogens with one attached hydrogen (secondary N) is 3. The van der Waals surface area contributed by atoms with E-state index >= 15 is 0 Å². The van der Waals surface area contributed by atoms with Crippen molar-refractivity contribution in [1.82, 2.24) is 4.98 Å². The molecule has 0 bridgehead atoms. The summed E-state index contributed by atoms with van der Waals surface area (Å²) in [5, 5.41) is 14.7. The van der Waals surface area contributed by atoms with Crippen LogP contribution >= 0.6 is 0 Å². The van der Waals surface area contributed by atoms with E-state index in [0.717, 1.165) is 6.42 Å². The summed E-state index contributed by atoms with van der Waals surface area (Å²) < 4.78 is 0. The Balaban J connectivity index is 2.34. The van der Waals surface area contributed by atoms with Crippen molar-refractivity contribution in [2.24, 2.45) is 5.92 Å². The van der Waals surface area contributed by atoms with Crippen LogP contribution in [0.4, 0.5) is 11.4 Å². The topological polar surface area (TPSA) is 94.2 Å². The van der Waals surface area contributed by atoms with E-state index in [1.54, 1.807) is 0 Å². The van der Waals surface area contributed by atoms with E-state index in [-0.39, 0.29) is 23.6 Å². The Morgan fingerprint density at radius 2 is 2.29 bits per heavy atom. The van der Waals surface area contributed by atoms with Gasteiger partial charge in [-0.05, 0) is 5.92 Å². The maximum absolute atomic E-state index is 11.8. The van der Waals surface area contributed by atoms with Gasteiger partial charge in [-0.15, -0.1) is 0 Å². The Kier molecular flexibility index (Phi) is 2.79. The van der Waals surface area contributed by atoms with Gasteiger partial charge in [0, 0.05) is 6.20 Å². The first kappa shape index (κ1) is 11.5. The number of fused-ring (bicyclic) bond motifs is 1. The average Bonchev–Trinajstić information content (AvgIpc) is 2.69. The Morgan fingerprint density at radius 1 is 1.59 bits per heavy atom. The lowest BCUT2D eigenvalue weighted by Crippen LogP contribution is -2.43. The molecule has 1 aliphatic heterocycles. The molecule has 2 atom stereocenters. The molecule has 0 fully saturated rings. The van der Waals surface area contributed by atoms with Gasteiger partial charge in [0.05, 0.1) is 11.4 Å². The number of rotatable bonds is 3. The van der Waals surface area contributed by atoms with Gasteiger partial charge in [0.1, 0.15) is 6.04 Å². The van der Waals surface area contributed by atoms with E-state index in [0.29, 0.717) is 11.4 Å². The molecule has 17 heavy (non-hydrogen) atoms. The van der Waals surface area contributed by atoms with E-state index in [1.165, 1.54) is 6.20 Å². The first-order valence-electron chi connectivity index (χ1n) is 5.56. The van der Waals surface area contributed by atoms with Crippen molar-refractivity contribution in [2.45, 2.75) is 26.3 Å². The predicted molar refractivity (Wildman–Crippen MR) is 63.2 cm³/mol. The van der Waals surface area contributed by atoms with Gasteiger partial charge in [-0.3, -0.25) is 4.79 Å². The van der Waals surface area contributed by atoms with E-state index < -0.39 is 5.97 Å². The lowest BCUT2D eigenvalue weighted by atomic mass is 9.96. The van der Waals surface area contributed by atoms with Crippen molar-refractivity contribution < 1.29 is 14.7 Å². The lowest BCUT2D eigenvalue weighted by molar-refractivity contribution is -0.118. The number of aromatic nitrogens is 1. The largest absolute Gasteiger partial charge is 0.477 e. The van der Waals surface area contributed by atoms with Crippen LogP contribution in [-0.4, -0.2) is 28.0 Å². The quantitative estimate of drug-likeness (QED) is 0.640. The minimum absolute atomic E-state index is 0.0771. The summed E-state index contributed by atoms with van der Waals surface area (Å²) in [4.78, 5) is 25.4. The van der Waals surface area contributed by atoms with E-state index in [1.807, 2.05) is 13.8 Å². The molecular formula is C11H15N3O3. The van der Waals surface area contributed by atoms with Crippen LogP contribution in [0.25, 0.3) is 0 Å². The van der Waals surface area contributed by atoms with Gasteiger partial charge in [0.15, 0.2) is 5.69 Å². The van der Waals surface area contributed by atoms with Crippen LogP contribution in [0.1, 0.15) is 30.8 Å². The van der Waals surface area contributed by atoms with Crippen molar-refractivity contribution in [3.8, 4) is 0 Å². The molecule has 0 saturated carbocycles. The number of hydrogen-bond donors (Lipinski definition) is 4. The number of H-pyrrole nitrogens is 1. The fourth-order valence-electron chi connectivity index (χ4n) is 1.91. The maximum atomic E-state index is 11.8. The third kappa shape index (κ3) is 1.86. The lowest BCUT2D eigenvalue weighted by Gasteiger charge is -2.28. The minimum atomic E-state index is -1.04. The summed E-state index contributed by atoms with van der Waals surface area (Å²) in [5.74, 6) is -1.03. The molecular weight excluding hydrogens is 222 g/mol. The normalized spacial score (nSPS) is 20.1. The SMILES string of the molecule is CC[C@H](C)[C@@H]1Nc2c(c[nH]c2C(=O)O)NC1=O. The molecule has 0 radical (unpaired) electrons. The van der Waals surface area contributed by atoms with Gasteiger partial charge in [-0.1, -0.05) is 20.3 Å². The number of carbonyl (C=O) groups is 2. The number of hydrogen-bond acceptors (Lipinski definition) is 3. The first-order valence-corrected chi connectivity index (χ1v) is 5.56. The molecule has 1 aliphatic rings. The van der Waals surface area contributed by atoms with Gasteiger partial charge in [0.25, 0.3) is 0 Å². The number of carbonyl (C=O) groups excluding carboxylic acids is 1. The summed E-state index contributed by atoms with van der Waals surface area (Å²) in [6.45, 7) is 3.94. The fraction of sp³-hybridized carbons (Fsp3) is 0.455. The van der Waals surface area contributed by atoms with Crippen LogP contribution in [0, 0.1) is 5.92 Å². The monoisotopic (exact) mass is 237 g/mol. The van der Waals surface area contributed by atoms with Crippen molar-refractivity contribution >= 4 is 23.3 Å². The molecule has 0 aliphatic carbocycles. The fourth-order valence-corrected chi connectivity index (χ4v) is 1.91. The second-order valence-corrected chi connectivity index (χ2v) is 4.25. The molecule has 0 spiro atoms. The molecule has 6 nitrogen and oxygen atoms in total. The molecule has 0 saturated heterocycles. The second kappa shape index (κ2) is 4.12. The van der Waals surface area contributed by atoms with Crippen LogP contribution in [-0.2, 0) is 4.79 Å². The van der Waals surface area contributed by atoms with Gasteiger partial charge < -0.3 is 20.7 Å². The highest BCUT2D eigenvalue weighted by molar-refractivity contribution is 6.07. The molecule has 1 aromatic rings. The molecule has 2 heterocycles. The third-order valence-electron chi connectivity index (χ3n) is 3.15. The van der Waals surface area contributed by atoms with Crippen LogP contribution in [0.15, 0.2) is 6.20 Å². The molecule has 6 heteroatoms. The molecule has 2 rings (SSSR count).